The first-order chi connectivity index (χ1) is 10.6. The number of ether oxygens (including phenoxy) is 1. The summed E-state index contributed by atoms with van der Waals surface area (Å²) in [5.41, 5.74) is 7.64. The fraction of sp³-hybridized carbons (Fsp3) is 0.714. The van der Waals surface area contributed by atoms with Crippen LogP contribution in [0.5, 0.6) is 0 Å². The number of rotatable bonds is 5. The summed E-state index contributed by atoms with van der Waals surface area (Å²) in [5.74, 6) is -0.407. The minimum Gasteiger partial charge on any atom is -0.444 e. The van der Waals surface area contributed by atoms with Crippen LogP contribution in [-0.4, -0.2) is 52.5 Å². The summed E-state index contributed by atoms with van der Waals surface area (Å²) in [6, 6.07) is -1.36. The molecule has 1 fully saturated rings. The zero-order chi connectivity index (χ0) is 17.6. The number of aldehydes is 1. The minimum absolute atomic E-state index is 0.0113. The Bertz CT molecular complexity index is 478. The molecule has 0 bridgehead atoms. The van der Waals surface area contributed by atoms with Crippen molar-refractivity contribution in [2.75, 3.05) is 6.54 Å². The number of alkyl carbamates (subject to hydrolysis) is 1. The first-order valence-electron chi connectivity index (χ1n) is 7.43. The molecule has 2 atom stereocenters. The zero-order valence-electron chi connectivity index (χ0n) is 13.6. The number of carbonyl (C=O) groups is 3. The lowest BCUT2D eigenvalue weighted by atomic mass is 10.1. The Hall–Kier alpha value is -1.74. The molecule has 0 saturated carbocycles. The second-order valence-electron chi connectivity index (χ2n) is 6.37. The summed E-state index contributed by atoms with van der Waals surface area (Å²) in [5, 5.41) is 3.81. The van der Waals surface area contributed by atoms with Gasteiger partial charge in [-0.1, -0.05) is 12.2 Å². The van der Waals surface area contributed by atoms with Crippen LogP contribution in [0.1, 0.15) is 40.0 Å². The molecule has 0 unspecified atom stereocenters. The Labute approximate surface area is 141 Å². The number of hydrogen-bond donors (Lipinski definition) is 3. The number of nitrogens with one attached hydrogen (secondary N) is 2. The summed E-state index contributed by atoms with van der Waals surface area (Å²) in [4.78, 5) is 35.4. The third-order valence-corrected chi connectivity index (χ3v) is 3.21. The van der Waals surface area contributed by atoms with Crippen molar-refractivity contribution in [2.45, 2.75) is 57.7 Å². The van der Waals surface area contributed by atoms with E-state index in [9.17, 15) is 14.4 Å². The molecule has 0 aromatic heterocycles. The van der Waals surface area contributed by atoms with Crippen LogP contribution in [0.4, 0.5) is 4.79 Å². The molecule has 8 nitrogen and oxygen atoms in total. The van der Waals surface area contributed by atoms with Crippen LogP contribution in [-0.2, 0) is 14.3 Å². The van der Waals surface area contributed by atoms with Gasteiger partial charge in [0.25, 0.3) is 5.91 Å². The van der Waals surface area contributed by atoms with Gasteiger partial charge in [-0.15, -0.1) is 0 Å². The van der Waals surface area contributed by atoms with E-state index in [1.54, 1.807) is 20.8 Å². The van der Waals surface area contributed by atoms with E-state index in [1.807, 2.05) is 0 Å². The predicted molar refractivity (Wildman–Crippen MR) is 88.5 cm³/mol. The lowest BCUT2D eigenvalue weighted by Crippen LogP contribution is -2.59. The van der Waals surface area contributed by atoms with E-state index in [4.69, 9.17) is 22.7 Å². The molecule has 0 spiro atoms. The standard InChI is InChI=1S/C14H24N4O4S/c1-14(2,3)22-13(21)16-10(7-11(15)23)12(20)18-6-4-5-9(8-19)17-18/h8-10,17H,4-7H2,1-3H3,(H2,15,23)(H,16,21)/t9-,10-/m0/s1. The van der Waals surface area contributed by atoms with Gasteiger partial charge in [0.15, 0.2) is 0 Å². The van der Waals surface area contributed by atoms with Crippen LogP contribution in [0.15, 0.2) is 0 Å². The number of amides is 2. The smallest absolute Gasteiger partial charge is 0.408 e. The van der Waals surface area contributed by atoms with Crippen LogP contribution in [0.25, 0.3) is 0 Å². The Morgan fingerprint density at radius 3 is 2.70 bits per heavy atom. The highest BCUT2D eigenvalue weighted by atomic mass is 32.1. The largest absolute Gasteiger partial charge is 0.444 e. The van der Waals surface area contributed by atoms with Crippen molar-refractivity contribution in [3.63, 3.8) is 0 Å². The van der Waals surface area contributed by atoms with Crippen molar-refractivity contribution in [2.24, 2.45) is 5.73 Å². The maximum atomic E-state index is 12.6. The molecular formula is C14H24N4O4S. The molecule has 23 heavy (non-hydrogen) atoms. The van der Waals surface area contributed by atoms with Gasteiger partial charge in [0, 0.05) is 13.0 Å². The van der Waals surface area contributed by atoms with E-state index < -0.39 is 29.7 Å². The number of nitrogens with zero attached hydrogens (tertiary/aromatic N) is 1. The van der Waals surface area contributed by atoms with E-state index >= 15 is 0 Å². The Morgan fingerprint density at radius 2 is 2.17 bits per heavy atom. The molecule has 0 aromatic carbocycles. The normalized spacial score (nSPS) is 19.6. The highest BCUT2D eigenvalue weighted by Gasteiger charge is 2.31. The lowest BCUT2D eigenvalue weighted by molar-refractivity contribution is -0.139. The summed E-state index contributed by atoms with van der Waals surface area (Å²) < 4.78 is 5.15. The average molecular weight is 344 g/mol. The third-order valence-electron chi connectivity index (χ3n) is 3.04. The van der Waals surface area contributed by atoms with Gasteiger partial charge in [0.2, 0.25) is 0 Å². The Morgan fingerprint density at radius 1 is 1.52 bits per heavy atom. The summed E-state index contributed by atoms with van der Waals surface area (Å²) >= 11 is 4.84. The van der Waals surface area contributed by atoms with Crippen molar-refractivity contribution >= 4 is 35.5 Å². The number of thiocarbonyl (C=S) groups is 1. The van der Waals surface area contributed by atoms with Gasteiger partial charge in [-0.25, -0.2) is 10.2 Å². The maximum Gasteiger partial charge on any atom is 0.408 e. The first-order valence-corrected chi connectivity index (χ1v) is 7.84. The fourth-order valence-corrected chi connectivity index (χ4v) is 2.28. The molecule has 0 aromatic rings. The monoisotopic (exact) mass is 344 g/mol. The van der Waals surface area contributed by atoms with Gasteiger partial charge in [-0.3, -0.25) is 9.80 Å². The highest BCUT2D eigenvalue weighted by Crippen LogP contribution is 2.10. The molecule has 9 heteroatoms. The van der Waals surface area contributed by atoms with E-state index in [0.717, 1.165) is 6.29 Å². The van der Waals surface area contributed by atoms with E-state index in [-0.39, 0.29) is 11.4 Å². The van der Waals surface area contributed by atoms with Gasteiger partial charge in [0.05, 0.1) is 11.0 Å². The van der Waals surface area contributed by atoms with Crippen LogP contribution in [0.3, 0.4) is 0 Å². The number of hydrogen-bond acceptors (Lipinski definition) is 6. The number of nitrogens with two attached hydrogens (primary N) is 1. The third kappa shape index (κ3) is 6.91. The van der Waals surface area contributed by atoms with Crippen LogP contribution in [0, 0.1) is 0 Å². The zero-order valence-corrected chi connectivity index (χ0v) is 14.4. The van der Waals surface area contributed by atoms with E-state index in [2.05, 4.69) is 10.7 Å². The molecule has 1 saturated heterocycles. The molecule has 1 heterocycles. The van der Waals surface area contributed by atoms with Gasteiger partial charge in [0.1, 0.15) is 17.9 Å². The molecule has 1 rings (SSSR count). The van der Waals surface area contributed by atoms with Gasteiger partial charge in [-0.2, -0.15) is 0 Å². The summed E-state index contributed by atoms with van der Waals surface area (Å²) in [6.45, 7) is 5.60. The second kappa shape index (κ2) is 8.21. The van der Waals surface area contributed by atoms with E-state index in [1.165, 1.54) is 5.01 Å². The molecule has 0 aliphatic carbocycles. The van der Waals surface area contributed by atoms with Crippen molar-refractivity contribution < 1.29 is 19.1 Å². The fourth-order valence-electron chi connectivity index (χ4n) is 2.11. The molecule has 1 aliphatic rings. The first kappa shape index (κ1) is 19.3. The quantitative estimate of drug-likeness (QED) is 0.484. The van der Waals surface area contributed by atoms with Crippen molar-refractivity contribution in [1.29, 1.82) is 0 Å². The average Bonchev–Trinajstić information content (AvgIpc) is 2.43. The van der Waals surface area contributed by atoms with Crippen LogP contribution < -0.4 is 16.5 Å². The van der Waals surface area contributed by atoms with Crippen molar-refractivity contribution in [3.05, 3.63) is 0 Å². The lowest BCUT2D eigenvalue weighted by Gasteiger charge is -2.34. The van der Waals surface area contributed by atoms with Crippen molar-refractivity contribution in [1.82, 2.24) is 15.8 Å². The second-order valence-corrected chi connectivity index (χ2v) is 6.90. The summed E-state index contributed by atoms with van der Waals surface area (Å²) in [7, 11) is 0. The molecule has 0 radical (unpaired) electrons. The molecule has 2 amide bonds. The number of hydrazine groups is 1. The molecular weight excluding hydrogens is 320 g/mol. The van der Waals surface area contributed by atoms with Crippen LogP contribution in [0.2, 0.25) is 0 Å². The summed E-state index contributed by atoms with van der Waals surface area (Å²) in [6.07, 6.45) is 1.39. The van der Waals surface area contributed by atoms with Gasteiger partial charge in [-0.05, 0) is 33.6 Å². The van der Waals surface area contributed by atoms with E-state index in [0.29, 0.717) is 19.4 Å². The SMILES string of the molecule is CC(C)(C)OC(=O)N[C@@H](CC(N)=S)C(=O)N1CCC[C@@H](C=O)N1. The molecule has 130 valence electrons. The molecule has 4 N–H and O–H groups in total. The molecule has 1 aliphatic heterocycles. The maximum absolute atomic E-state index is 12.6. The number of carbonyl (C=O) groups excluding carboxylic acids is 3. The van der Waals surface area contributed by atoms with Gasteiger partial charge < -0.3 is 20.6 Å². The minimum atomic E-state index is -0.944. The Kier molecular flexibility index (Phi) is 6.89. The van der Waals surface area contributed by atoms with Gasteiger partial charge >= 0.3 is 6.09 Å². The van der Waals surface area contributed by atoms with Crippen molar-refractivity contribution in [3.8, 4) is 0 Å². The Balaban J connectivity index is 2.76. The predicted octanol–water partition coefficient (Wildman–Crippen LogP) is 0.250. The highest BCUT2D eigenvalue weighted by molar-refractivity contribution is 7.80. The van der Waals surface area contributed by atoms with Crippen LogP contribution >= 0.6 is 12.2 Å². The topological polar surface area (TPSA) is 114 Å².